The van der Waals surface area contributed by atoms with Gasteiger partial charge in [-0.15, -0.1) is 0 Å². The number of ketones is 1. The molecule has 0 bridgehead atoms. The fraction of sp³-hybridized carbons (Fsp3) is 0.0435. The summed E-state index contributed by atoms with van der Waals surface area (Å²) in [4.78, 5) is 24.8. The summed E-state index contributed by atoms with van der Waals surface area (Å²) in [6, 6.07) is 20.4. The van der Waals surface area contributed by atoms with Gasteiger partial charge >= 0.3 is 5.97 Å². The van der Waals surface area contributed by atoms with Gasteiger partial charge in [0.25, 0.3) is 0 Å². The van der Waals surface area contributed by atoms with Crippen LogP contribution in [0.2, 0.25) is 5.02 Å². The number of rotatable bonds is 6. The van der Waals surface area contributed by atoms with Crippen molar-refractivity contribution in [2.75, 3.05) is 7.11 Å². The Kier molecular flexibility index (Phi) is 6.25. The largest absolute Gasteiger partial charge is 0.496 e. The molecule has 0 fully saturated rings. The van der Waals surface area contributed by atoms with E-state index in [-0.39, 0.29) is 5.78 Å². The molecule has 0 amide bonds. The minimum Gasteiger partial charge on any atom is -0.496 e. The lowest BCUT2D eigenvalue weighted by Gasteiger charge is -2.10. The smallest absolute Gasteiger partial charge is 0.347 e. The molecule has 0 aliphatic heterocycles. The zero-order valence-corrected chi connectivity index (χ0v) is 15.8. The van der Waals surface area contributed by atoms with Crippen molar-refractivity contribution >= 4 is 29.4 Å². The van der Waals surface area contributed by atoms with E-state index in [0.717, 1.165) is 0 Å². The number of halogens is 1. The molecule has 0 aromatic heterocycles. The Labute approximate surface area is 168 Å². The monoisotopic (exact) mass is 392 g/mol. The molecule has 3 rings (SSSR count). The van der Waals surface area contributed by atoms with E-state index in [1.807, 2.05) is 0 Å². The molecule has 28 heavy (non-hydrogen) atoms. The maximum absolute atomic E-state index is 12.5. The van der Waals surface area contributed by atoms with E-state index >= 15 is 0 Å². The van der Waals surface area contributed by atoms with Crippen LogP contribution in [0.1, 0.15) is 26.3 Å². The average Bonchev–Trinajstić information content (AvgIpc) is 2.73. The molecule has 0 unspecified atom stereocenters. The summed E-state index contributed by atoms with van der Waals surface area (Å²) in [5.74, 6) is 0.0573. The van der Waals surface area contributed by atoms with Crippen molar-refractivity contribution in [2.24, 2.45) is 0 Å². The van der Waals surface area contributed by atoms with Crippen molar-refractivity contribution in [3.8, 4) is 11.5 Å². The zero-order valence-electron chi connectivity index (χ0n) is 15.1. The molecule has 4 nitrogen and oxygen atoms in total. The second kappa shape index (κ2) is 9.02. The first kappa shape index (κ1) is 19.4. The van der Waals surface area contributed by atoms with Crippen LogP contribution in [0, 0.1) is 0 Å². The van der Waals surface area contributed by atoms with Crippen LogP contribution < -0.4 is 9.47 Å². The molecule has 140 valence electrons. The van der Waals surface area contributed by atoms with Crippen LogP contribution in [0.5, 0.6) is 11.5 Å². The summed E-state index contributed by atoms with van der Waals surface area (Å²) in [7, 11) is 1.49. The highest BCUT2D eigenvalue weighted by Gasteiger charge is 2.15. The molecule has 3 aromatic carbocycles. The SMILES string of the molecule is COc1ccccc1C(=O)Oc1ccccc1/C=C/C(=O)c1ccc(Cl)cc1. The predicted molar refractivity (Wildman–Crippen MR) is 109 cm³/mol. The number of allylic oxidation sites excluding steroid dienone is 1. The Morgan fingerprint density at radius 3 is 2.21 bits per heavy atom. The van der Waals surface area contributed by atoms with Crippen molar-refractivity contribution < 1.29 is 19.1 Å². The maximum Gasteiger partial charge on any atom is 0.347 e. The van der Waals surface area contributed by atoms with Gasteiger partial charge in [-0.05, 0) is 54.6 Å². The van der Waals surface area contributed by atoms with Crippen LogP contribution in [0.15, 0.2) is 78.9 Å². The molecule has 0 aliphatic carbocycles. The van der Waals surface area contributed by atoms with Crippen LogP contribution in [0.3, 0.4) is 0 Å². The summed E-state index contributed by atoms with van der Waals surface area (Å²) in [5, 5.41) is 0.564. The van der Waals surface area contributed by atoms with Crippen molar-refractivity contribution in [1.82, 2.24) is 0 Å². The molecule has 0 aliphatic rings. The van der Waals surface area contributed by atoms with Crippen molar-refractivity contribution in [3.63, 3.8) is 0 Å². The second-order valence-corrected chi connectivity index (χ2v) is 6.27. The standard InChI is InChI=1S/C23H17ClO4/c1-27-22-9-5-3-7-19(22)23(26)28-21-8-4-2-6-17(21)12-15-20(25)16-10-13-18(24)14-11-16/h2-15H,1H3/b15-12+. The first-order valence-corrected chi connectivity index (χ1v) is 8.88. The number of benzene rings is 3. The van der Waals surface area contributed by atoms with Gasteiger partial charge in [-0.25, -0.2) is 4.79 Å². The highest BCUT2D eigenvalue weighted by molar-refractivity contribution is 6.30. The lowest BCUT2D eigenvalue weighted by atomic mass is 10.1. The lowest BCUT2D eigenvalue weighted by Crippen LogP contribution is -2.10. The first-order chi connectivity index (χ1) is 13.6. The Morgan fingerprint density at radius 1 is 0.857 bits per heavy atom. The van der Waals surface area contributed by atoms with E-state index in [0.29, 0.717) is 33.2 Å². The summed E-state index contributed by atoms with van der Waals surface area (Å²) in [5.41, 5.74) is 1.44. The molecule has 3 aromatic rings. The van der Waals surface area contributed by atoms with E-state index in [4.69, 9.17) is 21.1 Å². The van der Waals surface area contributed by atoms with Gasteiger partial charge in [0.15, 0.2) is 5.78 Å². The minimum absolute atomic E-state index is 0.178. The fourth-order valence-corrected chi connectivity index (χ4v) is 2.68. The highest BCUT2D eigenvalue weighted by Crippen LogP contribution is 2.24. The van der Waals surface area contributed by atoms with E-state index < -0.39 is 5.97 Å². The van der Waals surface area contributed by atoms with Crippen LogP contribution >= 0.6 is 11.6 Å². The topological polar surface area (TPSA) is 52.6 Å². The molecule has 0 saturated heterocycles. The Balaban J connectivity index is 1.80. The number of carbonyl (C=O) groups excluding carboxylic acids is 2. The lowest BCUT2D eigenvalue weighted by molar-refractivity contribution is 0.0730. The third-order valence-electron chi connectivity index (χ3n) is 3.99. The van der Waals surface area contributed by atoms with E-state index in [1.54, 1.807) is 78.9 Å². The third-order valence-corrected chi connectivity index (χ3v) is 4.24. The number of ether oxygens (including phenoxy) is 2. The number of carbonyl (C=O) groups is 2. The molecular weight excluding hydrogens is 376 g/mol. The Morgan fingerprint density at radius 2 is 1.50 bits per heavy atom. The van der Waals surface area contributed by atoms with Gasteiger partial charge in [0.05, 0.1) is 7.11 Å². The normalized spacial score (nSPS) is 10.6. The van der Waals surface area contributed by atoms with Crippen LogP contribution in [0.25, 0.3) is 6.08 Å². The quantitative estimate of drug-likeness (QED) is 0.242. The summed E-state index contributed by atoms with van der Waals surface area (Å²) < 4.78 is 10.7. The molecule has 0 radical (unpaired) electrons. The van der Waals surface area contributed by atoms with E-state index in [2.05, 4.69) is 0 Å². The van der Waals surface area contributed by atoms with Crippen LogP contribution in [-0.4, -0.2) is 18.9 Å². The number of methoxy groups -OCH3 is 1. The van der Waals surface area contributed by atoms with Crippen molar-refractivity contribution in [3.05, 3.63) is 101 Å². The summed E-state index contributed by atoms with van der Waals surface area (Å²) in [6.45, 7) is 0. The van der Waals surface area contributed by atoms with Gasteiger partial charge in [-0.1, -0.05) is 41.9 Å². The second-order valence-electron chi connectivity index (χ2n) is 5.83. The third kappa shape index (κ3) is 4.67. The van der Waals surface area contributed by atoms with Gasteiger partial charge in [-0.2, -0.15) is 0 Å². The Hall–Kier alpha value is -3.37. The molecule has 0 spiro atoms. The molecule has 0 atom stereocenters. The highest BCUT2D eigenvalue weighted by atomic mass is 35.5. The van der Waals surface area contributed by atoms with Crippen LogP contribution in [-0.2, 0) is 0 Å². The molecule has 5 heteroatoms. The van der Waals surface area contributed by atoms with E-state index in [9.17, 15) is 9.59 Å². The Bertz CT molecular complexity index is 1020. The molecule has 0 N–H and O–H groups in total. The van der Waals surface area contributed by atoms with Gasteiger partial charge in [0.1, 0.15) is 17.1 Å². The van der Waals surface area contributed by atoms with Crippen LogP contribution in [0.4, 0.5) is 0 Å². The average molecular weight is 393 g/mol. The predicted octanol–water partition coefficient (Wildman–Crippen LogP) is 5.46. The van der Waals surface area contributed by atoms with Gasteiger partial charge < -0.3 is 9.47 Å². The first-order valence-electron chi connectivity index (χ1n) is 8.50. The number of esters is 1. The minimum atomic E-state index is -0.540. The van der Waals surface area contributed by atoms with Gasteiger partial charge in [0.2, 0.25) is 0 Å². The number of hydrogen-bond acceptors (Lipinski definition) is 4. The van der Waals surface area contributed by atoms with Gasteiger partial charge in [0, 0.05) is 16.1 Å². The number of para-hydroxylation sites is 2. The van der Waals surface area contributed by atoms with E-state index in [1.165, 1.54) is 13.2 Å². The van der Waals surface area contributed by atoms with Gasteiger partial charge in [-0.3, -0.25) is 4.79 Å². The fourth-order valence-electron chi connectivity index (χ4n) is 2.56. The molecule has 0 heterocycles. The van der Waals surface area contributed by atoms with Crippen molar-refractivity contribution in [1.29, 1.82) is 0 Å². The molecular formula is C23H17ClO4. The summed E-state index contributed by atoms with van der Waals surface area (Å²) in [6.07, 6.45) is 3.04. The number of hydrogen-bond donors (Lipinski definition) is 0. The molecule has 0 saturated carbocycles. The summed E-state index contributed by atoms with van der Waals surface area (Å²) >= 11 is 5.84. The maximum atomic E-state index is 12.5. The zero-order chi connectivity index (χ0) is 19.9. The van der Waals surface area contributed by atoms with Crippen molar-refractivity contribution in [2.45, 2.75) is 0 Å².